The Balaban J connectivity index is 1.85. The molecule has 130 valence electrons. The molecule has 26 heavy (non-hydrogen) atoms. The summed E-state index contributed by atoms with van der Waals surface area (Å²) in [4.78, 5) is 26.0. The van der Waals surface area contributed by atoms with Gasteiger partial charge in [-0.2, -0.15) is 10.2 Å². The Hall–Kier alpha value is -3.28. The largest absolute Gasteiger partial charge is 0.326 e. The number of para-hydroxylation sites is 1. The van der Waals surface area contributed by atoms with Crippen LogP contribution in [0.15, 0.2) is 64.5 Å². The highest BCUT2D eigenvalue weighted by molar-refractivity contribution is 6.10. The summed E-state index contributed by atoms with van der Waals surface area (Å²) in [6.07, 6.45) is 1.55. The van der Waals surface area contributed by atoms with Crippen LogP contribution in [-0.2, 0) is 9.59 Å². The first-order valence-corrected chi connectivity index (χ1v) is 8.53. The Morgan fingerprint density at radius 1 is 1.23 bits per heavy atom. The van der Waals surface area contributed by atoms with Gasteiger partial charge in [0.2, 0.25) is 5.91 Å². The zero-order chi connectivity index (χ0) is 18.3. The molecule has 6 heteroatoms. The summed E-state index contributed by atoms with van der Waals surface area (Å²) >= 11 is 0. The van der Waals surface area contributed by atoms with Crippen molar-refractivity contribution in [2.75, 3.05) is 16.8 Å². The zero-order valence-electron chi connectivity index (χ0n) is 14.6. The summed E-state index contributed by atoms with van der Waals surface area (Å²) in [5, 5.41) is 11.0. The van der Waals surface area contributed by atoms with Gasteiger partial charge >= 0.3 is 0 Å². The Bertz CT molecular complexity index is 978. The van der Waals surface area contributed by atoms with Crippen LogP contribution >= 0.6 is 0 Å². The van der Waals surface area contributed by atoms with Gasteiger partial charge in [-0.25, -0.2) is 0 Å². The van der Waals surface area contributed by atoms with E-state index < -0.39 is 0 Å². The van der Waals surface area contributed by atoms with Gasteiger partial charge in [0.25, 0.3) is 5.91 Å². The highest BCUT2D eigenvalue weighted by Gasteiger charge is 2.37. The Morgan fingerprint density at radius 3 is 2.81 bits per heavy atom. The number of azo groups is 1. The molecule has 2 heterocycles. The second kappa shape index (κ2) is 6.22. The van der Waals surface area contributed by atoms with Crippen LogP contribution in [0.3, 0.4) is 0 Å². The van der Waals surface area contributed by atoms with Crippen molar-refractivity contribution >= 4 is 23.2 Å². The van der Waals surface area contributed by atoms with Gasteiger partial charge < -0.3 is 10.2 Å². The second-order valence-corrected chi connectivity index (χ2v) is 6.27. The van der Waals surface area contributed by atoms with Crippen molar-refractivity contribution in [3.63, 3.8) is 0 Å². The third-order valence-corrected chi connectivity index (χ3v) is 4.65. The van der Waals surface area contributed by atoms with Crippen molar-refractivity contribution in [2.45, 2.75) is 19.9 Å². The van der Waals surface area contributed by atoms with E-state index in [0.717, 1.165) is 28.1 Å². The molecule has 2 aliphatic heterocycles. The van der Waals surface area contributed by atoms with Gasteiger partial charge in [0, 0.05) is 30.3 Å². The van der Waals surface area contributed by atoms with Gasteiger partial charge in [-0.3, -0.25) is 9.59 Å². The van der Waals surface area contributed by atoms with Crippen LogP contribution in [-0.4, -0.2) is 18.4 Å². The Morgan fingerprint density at radius 2 is 2.04 bits per heavy atom. The van der Waals surface area contributed by atoms with E-state index in [1.165, 1.54) is 6.92 Å². The molecule has 0 aromatic heterocycles. The van der Waals surface area contributed by atoms with Crippen molar-refractivity contribution in [3.8, 4) is 11.1 Å². The molecular weight excluding hydrogens is 328 g/mol. The van der Waals surface area contributed by atoms with E-state index >= 15 is 0 Å². The minimum absolute atomic E-state index is 0.0534. The molecule has 2 aromatic rings. The summed E-state index contributed by atoms with van der Waals surface area (Å²) in [6.45, 7) is 4.00. The average molecular weight is 346 g/mol. The van der Waals surface area contributed by atoms with E-state index in [0.29, 0.717) is 12.1 Å². The van der Waals surface area contributed by atoms with Crippen LogP contribution < -0.4 is 10.2 Å². The standard InChI is InChI=1S/C20H18N4O2/c1-3-24-18-10-13(14-6-4-5-7-17(14)22-12(2)25)8-9-15(18)19-16(20(24)26)11-21-23-19/h4-11,19H,3H2,1-2H3,(H,22,25). The van der Waals surface area contributed by atoms with Gasteiger partial charge in [0.15, 0.2) is 0 Å². The number of fused-ring (bicyclic) bond motifs is 3. The van der Waals surface area contributed by atoms with E-state index in [4.69, 9.17) is 0 Å². The number of likely N-dealkylation sites (N-methyl/N-ethyl adjacent to an activating group) is 1. The third-order valence-electron chi connectivity index (χ3n) is 4.65. The molecule has 0 aliphatic carbocycles. The van der Waals surface area contributed by atoms with Crippen LogP contribution in [0.5, 0.6) is 0 Å². The van der Waals surface area contributed by atoms with Crippen molar-refractivity contribution < 1.29 is 9.59 Å². The van der Waals surface area contributed by atoms with Gasteiger partial charge in [0.1, 0.15) is 6.04 Å². The van der Waals surface area contributed by atoms with E-state index in [-0.39, 0.29) is 17.9 Å². The van der Waals surface area contributed by atoms with E-state index in [1.54, 1.807) is 11.1 Å². The van der Waals surface area contributed by atoms with Crippen molar-refractivity contribution in [1.82, 2.24) is 0 Å². The minimum Gasteiger partial charge on any atom is -0.326 e. The molecule has 0 bridgehead atoms. The van der Waals surface area contributed by atoms with E-state index in [2.05, 4.69) is 15.5 Å². The second-order valence-electron chi connectivity index (χ2n) is 6.27. The van der Waals surface area contributed by atoms with Crippen molar-refractivity contribution in [3.05, 3.63) is 59.8 Å². The average Bonchev–Trinajstić information content (AvgIpc) is 3.12. The normalized spacial score (nSPS) is 17.6. The van der Waals surface area contributed by atoms with Gasteiger partial charge in [-0.15, -0.1) is 0 Å². The Labute approximate surface area is 151 Å². The van der Waals surface area contributed by atoms with Gasteiger partial charge in [0.05, 0.1) is 17.5 Å². The lowest BCUT2D eigenvalue weighted by Crippen LogP contribution is -2.37. The number of amides is 2. The number of benzene rings is 2. The summed E-state index contributed by atoms with van der Waals surface area (Å²) in [5.74, 6) is -0.177. The highest BCUT2D eigenvalue weighted by atomic mass is 16.2. The van der Waals surface area contributed by atoms with E-state index in [1.807, 2.05) is 49.4 Å². The molecule has 1 N–H and O–H groups in total. The van der Waals surface area contributed by atoms with Crippen LogP contribution in [0.25, 0.3) is 11.1 Å². The quantitative estimate of drug-likeness (QED) is 0.910. The molecule has 6 nitrogen and oxygen atoms in total. The molecule has 0 radical (unpaired) electrons. The maximum Gasteiger partial charge on any atom is 0.258 e. The Kier molecular flexibility index (Phi) is 3.88. The lowest BCUT2D eigenvalue weighted by atomic mass is 9.90. The first-order chi connectivity index (χ1) is 12.6. The molecular formula is C20H18N4O2. The lowest BCUT2D eigenvalue weighted by Gasteiger charge is -2.32. The third kappa shape index (κ3) is 2.50. The molecule has 0 fully saturated rings. The number of anilines is 2. The molecule has 1 unspecified atom stereocenters. The molecule has 0 spiro atoms. The highest BCUT2D eigenvalue weighted by Crippen LogP contribution is 2.44. The SMILES string of the molecule is CCN1C(=O)C2=CN=NC2c2ccc(-c3ccccc3NC(C)=O)cc21. The van der Waals surface area contributed by atoms with Crippen molar-refractivity contribution in [2.24, 2.45) is 10.2 Å². The smallest absolute Gasteiger partial charge is 0.258 e. The number of carbonyl (C=O) groups excluding carboxylic acids is 2. The zero-order valence-corrected chi connectivity index (χ0v) is 14.6. The fourth-order valence-electron chi connectivity index (χ4n) is 3.49. The molecule has 1 atom stereocenters. The summed E-state index contributed by atoms with van der Waals surface area (Å²) in [6, 6.07) is 13.3. The van der Waals surface area contributed by atoms with Crippen LogP contribution in [0.4, 0.5) is 11.4 Å². The molecule has 0 saturated carbocycles. The minimum atomic E-state index is -0.320. The van der Waals surface area contributed by atoms with Crippen LogP contribution in [0.1, 0.15) is 25.5 Å². The topological polar surface area (TPSA) is 74.1 Å². The number of carbonyl (C=O) groups is 2. The predicted molar refractivity (Wildman–Crippen MR) is 99.9 cm³/mol. The number of hydrogen-bond acceptors (Lipinski definition) is 4. The van der Waals surface area contributed by atoms with Crippen LogP contribution in [0, 0.1) is 0 Å². The first-order valence-electron chi connectivity index (χ1n) is 8.53. The fourth-order valence-corrected chi connectivity index (χ4v) is 3.49. The predicted octanol–water partition coefficient (Wildman–Crippen LogP) is 4.07. The molecule has 4 rings (SSSR count). The summed E-state index contributed by atoms with van der Waals surface area (Å²) in [7, 11) is 0. The molecule has 2 amide bonds. The monoisotopic (exact) mass is 346 g/mol. The number of nitrogens with zero attached hydrogens (tertiary/aromatic N) is 3. The van der Waals surface area contributed by atoms with Crippen LogP contribution in [0.2, 0.25) is 0 Å². The fraction of sp³-hybridized carbons (Fsp3) is 0.200. The summed E-state index contributed by atoms with van der Waals surface area (Å²) in [5.41, 5.74) is 5.01. The number of nitrogens with one attached hydrogen (secondary N) is 1. The molecule has 2 aromatic carbocycles. The van der Waals surface area contributed by atoms with Gasteiger partial charge in [-0.05, 0) is 24.6 Å². The number of hydrogen-bond donors (Lipinski definition) is 1. The van der Waals surface area contributed by atoms with E-state index in [9.17, 15) is 9.59 Å². The lowest BCUT2D eigenvalue weighted by molar-refractivity contribution is -0.116. The van der Waals surface area contributed by atoms with Crippen molar-refractivity contribution in [1.29, 1.82) is 0 Å². The summed E-state index contributed by atoms with van der Waals surface area (Å²) < 4.78 is 0. The molecule has 0 saturated heterocycles. The molecule has 2 aliphatic rings. The number of rotatable bonds is 3. The maximum absolute atomic E-state index is 12.7. The maximum atomic E-state index is 12.7. The van der Waals surface area contributed by atoms with Gasteiger partial charge in [-0.1, -0.05) is 30.3 Å². The first kappa shape index (κ1) is 16.2.